The molecule has 2 aromatic heterocycles. The zero-order valence-electron chi connectivity index (χ0n) is 21.9. The van der Waals surface area contributed by atoms with Gasteiger partial charge in [-0.05, 0) is 45.7 Å². The number of nitrogens with zero attached hydrogens (tertiary/aromatic N) is 6. The number of carbonyl (C=O) groups is 2. The number of nitrogens with one attached hydrogen (secondary N) is 1. The van der Waals surface area contributed by atoms with Gasteiger partial charge >= 0.3 is 6.09 Å². The summed E-state index contributed by atoms with van der Waals surface area (Å²) in [5, 5.41) is 7.31. The van der Waals surface area contributed by atoms with E-state index in [-0.39, 0.29) is 34.8 Å². The highest BCUT2D eigenvalue weighted by atomic mass is 19.1. The van der Waals surface area contributed by atoms with E-state index < -0.39 is 17.3 Å². The van der Waals surface area contributed by atoms with E-state index in [0.717, 1.165) is 0 Å². The van der Waals surface area contributed by atoms with Crippen LogP contribution in [0, 0.1) is 5.82 Å². The Labute approximate surface area is 214 Å². The van der Waals surface area contributed by atoms with Crippen molar-refractivity contribution in [1.82, 2.24) is 24.6 Å². The van der Waals surface area contributed by atoms with Gasteiger partial charge < -0.3 is 24.6 Å². The maximum atomic E-state index is 14.4. The number of halogens is 1. The second kappa shape index (κ2) is 10.2. The average molecular weight is 514 g/mol. The summed E-state index contributed by atoms with van der Waals surface area (Å²) in [5.41, 5.74) is 0.0860. The molecule has 2 amide bonds. The van der Waals surface area contributed by atoms with Crippen LogP contribution < -0.4 is 15.0 Å². The van der Waals surface area contributed by atoms with Crippen LogP contribution in [0.25, 0.3) is 10.9 Å². The Bertz CT molecular complexity index is 1310. The van der Waals surface area contributed by atoms with Gasteiger partial charge in [0.2, 0.25) is 11.8 Å². The monoisotopic (exact) mass is 513 g/mol. The molecule has 1 aromatic carbocycles. The van der Waals surface area contributed by atoms with Crippen molar-refractivity contribution in [1.29, 1.82) is 0 Å². The first-order valence-electron chi connectivity index (χ1n) is 12.0. The molecule has 3 heterocycles. The van der Waals surface area contributed by atoms with Crippen LogP contribution in [0.5, 0.6) is 5.88 Å². The number of piperidine rings is 1. The lowest BCUT2D eigenvalue weighted by Gasteiger charge is -2.37. The fraction of sp³-hybridized carbons (Fsp3) is 0.480. The third-order valence-electron chi connectivity index (χ3n) is 6.09. The molecule has 4 rings (SSSR count). The fourth-order valence-corrected chi connectivity index (χ4v) is 4.25. The van der Waals surface area contributed by atoms with Crippen molar-refractivity contribution >= 4 is 34.5 Å². The Morgan fingerprint density at radius 3 is 2.57 bits per heavy atom. The maximum Gasteiger partial charge on any atom is 0.410 e. The minimum Gasteiger partial charge on any atom is -0.480 e. The lowest BCUT2D eigenvalue weighted by molar-refractivity contribution is 0.0205. The number of hydrogen-bond acceptors (Lipinski definition) is 8. The summed E-state index contributed by atoms with van der Waals surface area (Å²) in [7, 11) is 4.99. The molecule has 0 saturated carbocycles. The number of rotatable bonds is 5. The van der Waals surface area contributed by atoms with Crippen molar-refractivity contribution in [2.75, 3.05) is 37.5 Å². The normalized spacial score (nSPS) is 14.5. The molecule has 1 saturated heterocycles. The number of methoxy groups -OCH3 is 1. The van der Waals surface area contributed by atoms with Crippen molar-refractivity contribution in [3.8, 4) is 5.88 Å². The Morgan fingerprint density at radius 1 is 1.22 bits per heavy atom. The molecule has 0 bridgehead atoms. The summed E-state index contributed by atoms with van der Waals surface area (Å²) in [6.45, 7) is 6.64. The predicted molar refractivity (Wildman–Crippen MR) is 136 cm³/mol. The standard InChI is InChI=1S/C25H32FN7O4/c1-25(2,3)37-24(35)33-9-7-17(8-10-33)32(5)23-27-13-18(22(29-23)36-6)21(34)28-16-11-15-14-31(4)30-20(15)19(26)12-16/h11-14,17H,7-10H2,1-6H3,(H,28,34). The second-order valence-electron chi connectivity index (χ2n) is 10.1. The van der Waals surface area contributed by atoms with Gasteiger partial charge in [0.15, 0.2) is 5.82 Å². The number of likely N-dealkylation sites (tertiary alicyclic amines) is 1. The van der Waals surface area contributed by atoms with Crippen LogP contribution in [0.1, 0.15) is 44.0 Å². The predicted octanol–water partition coefficient (Wildman–Crippen LogP) is 3.60. The third-order valence-corrected chi connectivity index (χ3v) is 6.09. The summed E-state index contributed by atoms with van der Waals surface area (Å²) in [5.74, 6) is -0.568. The zero-order valence-corrected chi connectivity index (χ0v) is 21.9. The summed E-state index contributed by atoms with van der Waals surface area (Å²) in [6.07, 6.45) is 4.17. The van der Waals surface area contributed by atoms with Gasteiger partial charge in [-0.1, -0.05) is 0 Å². The largest absolute Gasteiger partial charge is 0.480 e. The van der Waals surface area contributed by atoms with Gasteiger partial charge in [0.05, 0.1) is 7.11 Å². The van der Waals surface area contributed by atoms with Crippen LogP contribution in [0.4, 0.5) is 20.8 Å². The van der Waals surface area contributed by atoms with E-state index in [1.54, 1.807) is 24.2 Å². The number of aryl methyl sites for hydroxylation is 1. The fourth-order valence-electron chi connectivity index (χ4n) is 4.25. The zero-order chi connectivity index (χ0) is 26.9. The lowest BCUT2D eigenvalue weighted by atomic mass is 10.0. The summed E-state index contributed by atoms with van der Waals surface area (Å²) >= 11 is 0. The van der Waals surface area contributed by atoms with E-state index in [1.165, 1.54) is 24.1 Å². The van der Waals surface area contributed by atoms with Crippen molar-refractivity contribution in [3.05, 3.63) is 35.9 Å². The molecular weight excluding hydrogens is 481 g/mol. The highest BCUT2D eigenvalue weighted by molar-refractivity contribution is 6.06. The molecule has 3 aromatic rings. The maximum absolute atomic E-state index is 14.4. The summed E-state index contributed by atoms with van der Waals surface area (Å²) < 4.78 is 26.8. The van der Waals surface area contributed by atoms with Crippen LogP contribution >= 0.6 is 0 Å². The van der Waals surface area contributed by atoms with Gasteiger partial charge in [0, 0.05) is 56.7 Å². The number of ether oxygens (including phenoxy) is 2. The molecular formula is C25H32FN7O4. The van der Waals surface area contributed by atoms with Crippen LogP contribution in [0.2, 0.25) is 0 Å². The molecule has 0 atom stereocenters. The minimum absolute atomic E-state index is 0.0947. The van der Waals surface area contributed by atoms with Gasteiger partial charge in [-0.2, -0.15) is 10.1 Å². The Balaban J connectivity index is 1.43. The summed E-state index contributed by atoms with van der Waals surface area (Å²) in [6, 6.07) is 2.95. The topological polar surface area (TPSA) is 115 Å². The first-order chi connectivity index (χ1) is 17.4. The number of anilines is 2. The van der Waals surface area contributed by atoms with E-state index in [2.05, 4.69) is 20.4 Å². The van der Waals surface area contributed by atoms with Gasteiger partial charge in [-0.3, -0.25) is 9.48 Å². The van der Waals surface area contributed by atoms with Gasteiger partial charge in [0.25, 0.3) is 5.91 Å². The number of fused-ring (bicyclic) bond motifs is 1. The van der Waals surface area contributed by atoms with Crippen molar-refractivity contribution in [2.24, 2.45) is 7.05 Å². The van der Waals surface area contributed by atoms with E-state index in [4.69, 9.17) is 9.47 Å². The number of aromatic nitrogens is 4. The smallest absolute Gasteiger partial charge is 0.410 e. The first-order valence-corrected chi connectivity index (χ1v) is 12.0. The van der Waals surface area contributed by atoms with Gasteiger partial charge in [0.1, 0.15) is 16.7 Å². The molecule has 12 heteroatoms. The Morgan fingerprint density at radius 2 is 1.92 bits per heavy atom. The molecule has 0 radical (unpaired) electrons. The SMILES string of the molecule is COc1nc(N(C)C2CCN(C(=O)OC(C)(C)C)CC2)ncc1C(=O)Nc1cc(F)c2nn(C)cc2c1. The average Bonchev–Trinajstić information content (AvgIpc) is 3.23. The van der Waals surface area contributed by atoms with E-state index in [9.17, 15) is 14.0 Å². The molecule has 11 nitrogen and oxygen atoms in total. The molecule has 0 unspecified atom stereocenters. The molecule has 0 aliphatic carbocycles. The first kappa shape index (κ1) is 26.1. The molecule has 198 valence electrons. The van der Waals surface area contributed by atoms with Gasteiger partial charge in [-0.15, -0.1) is 0 Å². The van der Waals surface area contributed by atoms with Crippen LogP contribution in [0.15, 0.2) is 24.5 Å². The highest BCUT2D eigenvalue weighted by Gasteiger charge is 2.30. The molecule has 1 N–H and O–H groups in total. The van der Waals surface area contributed by atoms with Crippen molar-refractivity contribution < 1.29 is 23.5 Å². The van der Waals surface area contributed by atoms with Gasteiger partial charge in [-0.25, -0.2) is 14.2 Å². The quantitative estimate of drug-likeness (QED) is 0.550. The minimum atomic E-state index is -0.539. The van der Waals surface area contributed by atoms with Crippen molar-refractivity contribution in [3.63, 3.8) is 0 Å². The van der Waals surface area contributed by atoms with E-state index >= 15 is 0 Å². The summed E-state index contributed by atoms with van der Waals surface area (Å²) in [4.78, 5) is 37.7. The van der Waals surface area contributed by atoms with E-state index in [1.807, 2.05) is 32.7 Å². The molecule has 0 spiro atoms. The Hall–Kier alpha value is -3.96. The number of amides is 2. The third kappa shape index (κ3) is 5.89. The molecule has 1 fully saturated rings. The molecule has 37 heavy (non-hydrogen) atoms. The van der Waals surface area contributed by atoms with Crippen LogP contribution in [-0.2, 0) is 11.8 Å². The van der Waals surface area contributed by atoms with Crippen LogP contribution in [-0.4, -0.2) is 75.5 Å². The van der Waals surface area contributed by atoms with E-state index in [0.29, 0.717) is 37.3 Å². The molecule has 1 aliphatic heterocycles. The Kier molecular flexibility index (Phi) is 7.19. The van der Waals surface area contributed by atoms with Crippen LogP contribution in [0.3, 0.4) is 0 Å². The number of hydrogen-bond donors (Lipinski definition) is 1. The van der Waals surface area contributed by atoms with Crippen molar-refractivity contribution in [2.45, 2.75) is 45.3 Å². The molecule has 1 aliphatic rings. The number of benzene rings is 1. The second-order valence-corrected chi connectivity index (χ2v) is 10.1. The lowest BCUT2D eigenvalue weighted by Crippen LogP contribution is -2.47. The number of carbonyl (C=O) groups excluding carboxylic acids is 2. The highest BCUT2D eigenvalue weighted by Crippen LogP contribution is 2.26.